The molecule has 0 aliphatic carbocycles. The minimum absolute atomic E-state index is 0.0171. The lowest BCUT2D eigenvalue weighted by molar-refractivity contribution is -0.134. The highest BCUT2D eigenvalue weighted by atomic mass is 35.5. The third-order valence-electron chi connectivity index (χ3n) is 6.40. The van der Waals surface area contributed by atoms with Crippen LogP contribution in [0.15, 0.2) is 42.5 Å². The quantitative estimate of drug-likeness (QED) is 0.336. The minimum atomic E-state index is 0.0171. The van der Waals surface area contributed by atoms with Crippen LogP contribution in [0.5, 0.6) is 0 Å². The van der Waals surface area contributed by atoms with E-state index < -0.39 is 0 Å². The Morgan fingerprint density at radius 3 is 2.44 bits per heavy atom. The van der Waals surface area contributed by atoms with E-state index in [0.29, 0.717) is 6.42 Å². The van der Waals surface area contributed by atoms with Crippen molar-refractivity contribution in [1.29, 1.82) is 0 Å². The minimum Gasteiger partial charge on any atom is -0.340 e. The number of nitrogens with zero attached hydrogens (tertiary/aromatic N) is 4. The van der Waals surface area contributed by atoms with Gasteiger partial charge in [0.25, 0.3) is 0 Å². The van der Waals surface area contributed by atoms with Crippen LogP contribution in [0.2, 0.25) is 5.02 Å². The number of piperazine rings is 1. The van der Waals surface area contributed by atoms with Gasteiger partial charge in [0, 0.05) is 49.7 Å². The number of imidazole rings is 1. The first kappa shape index (κ1) is 23.3. The maximum Gasteiger partial charge on any atom is 0.223 e. The molecule has 1 aliphatic rings. The Balaban J connectivity index is 1.46. The first-order chi connectivity index (χ1) is 16.2. The predicted octanol–water partition coefficient (Wildman–Crippen LogP) is 6.26. The SMILES string of the molecule is Cc1ccc2c(c1)sc1nc(-c3ccc(Cl)cc3)c(CN3CCN(C(=O)CC(C)(C)C)CC3)n12. The monoisotopic (exact) mass is 494 g/mol. The van der Waals surface area contributed by atoms with Gasteiger partial charge in [-0.3, -0.25) is 14.1 Å². The number of rotatable bonds is 4. The Hall–Kier alpha value is -2.41. The number of aryl methyl sites for hydroxylation is 1. The molecule has 1 saturated heterocycles. The average molecular weight is 495 g/mol. The van der Waals surface area contributed by atoms with Crippen LogP contribution in [0.25, 0.3) is 26.4 Å². The second-order valence-corrected chi connectivity index (χ2v) is 11.9. The molecular formula is C27H31ClN4OS. The van der Waals surface area contributed by atoms with Gasteiger partial charge in [0.2, 0.25) is 5.91 Å². The highest BCUT2D eigenvalue weighted by Gasteiger charge is 2.27. The maximum absolute atomic E-state index is 12.7. The van der Waals surface area contributed by atoms with Crippen molar-refractivity contribution in [3.63, 3.8) is 0 Å². The second-order valence-electron chi connectivity index (χ2n) is 10.5. The van der Waals surface area contributed by atoms with Crippen LogP contribution in [0.3, 0.4) is 0 Å². The number of carbonyl (C=O) groups is 1. The van der Waals surface area contributed by atoms with Gasteiger partial charge in [0.15, 0.2) is 4.96 Å². The first-order valence-corrected chi connectivity index (χ1v) is 13.0. The molecule has 2 aromatic heterocycles. The molecule has 1 aliphatic heterocycles. The molecular weight excluding hydrogens is 464 g/mol. The standard InChI is InChI=1S/C27H31ClN4OS/c1-18-5-10-21-23(15-18)34-26-29-25(19-6-8-20(28)9-7-19)22(32(21)26)17-30-11-13-31(14-12-30)24(33)16-27(2,3)4/h5-10,15H,11-14,16-17H2,1-4H3. The Labute approximate surface area is 210 Å². The van der Waals surface area contributed by atoms with Gasteiger partial charge in [-0.2, -0.15) is 0 Å². The van der Waals surface area contributed by atoms with Gasteiger partial charge < -0.3 is 4.90 Å². The Bertz CT molecular complexity index is 1340. The molecule has 1 fully saturated rings. The third-order valence-corrected chi connectivity index (χ3v) is 7.65. The molecule has 7 heteroatoms. The molecule has 0 N–H and O–H groups in total. The largest absolute Gasteiger partial charge is 0.340 e. The third kappa shape index (κ3) is 4.72. The smallest absolute Gasteiger partial charge is 0.223 e. The van der Waals surface area contributed by atoms with Crippen LogP contribution >= 0.6 is 22.9 Å². The van der Waals surface area contributed by atoms with Gasteiger partial charge in [-0.25, -0.2) is 4.98 Å². The lowest BCUT2D eigenvalue weighted by Gasteiger charge is -2.36. The van der Waals surface area contributed by atoms with Crippen molar-refractivity contribution in [1.82, 2.24) is 19.2 Å². The van der Waals surface area contributed by atoms with E-state index in [2.05, 4.69) is 55.2 Å². The van der Waals surface area contributed by atoms with Crippen LogP contribution in [-0.2, 0) is 11.3 Å². The number of hydrogen-bond donors (Lipinski definition) is 0. The molecule has 3 heterocycles. The van der Waals surface area contributed by atoms with E-state index in [9.17, 15) is 4.79 Å². The lowest BCUT2D eigenvalue weighted by atomic mass is 9.91. The number of amides is 1. The summed E-state index contributed by atoms with van der Waals surface area (Å²) in [4.78, 5) is 23.3. The number of thiazole rings is 1. The van der Waals surface area contributed by atoms with Gasteiger partial charge in [0.05, 0.1) is 21.6 Å². The number of hydrogen-bond acceptors (Lipinski definition) is 4. The fraction of sp³-hybridized carbons (Fsp3) is 0.407. The van der Waals surface area contributed by atoms with Crippen molar-refractivity contribution < 1.29 is 4.79 Å². The summed E-state index contributed by atoms with van der Waals surface area (Å²) in [5.74, 6) is 0.264. The van der Waals surface area contributed by atoms with Crippen LogP contribution in [0.1, 0.15) is 38.4 Å². The first-order valence-electron chi connectivity index (χ1n) is 11.8. The number of aromatic nitrogens is 2. The van der Waals surface area contributed by atoms with E-state index in [-0.39, 0.29) is 11.3 Å². The van der Waals surface area contributed by atoms with E-state index in [4.69, 9.17) is 16.6 Å². The molecule has 4 aromatic rings. The van der Waals surface area contributed by atoms with E-state index in [1.807, 2.05) is 29.2 Å². The van der Waals surface area contributed by atoms with E-state index in [0.717, 1.165) is 54.0 Å². The molecule has 0 bridgehead atoms. The number of halogens is 1. The van der Waals surface area contributed by atoms with E-state index >= 15 is 0 Å². The highest BCUT2D eigenvalue weighted by Crippen LogP contribution is 2.34. The Kier molecular flexibility index (Phi) is 6.17. The average Bonchev–Trinajstić information content (AvgIpc) is 3.29. The van der Waals surface area contributed by atoms with Gasteiger partial charge in [-0.05, 0) is 42.2 Å². The van der Waals surface area contributed by atoms with Crippen LogP contribution < -0.4 is 0 Å². The topological polar surface area (TPSA) is 40.9 Å². The zero-order chi connectivity index (χ0) is 24.0. The summed E-state index contributed by atoms with van der Waals surface area (Å²) in [6.07, 6.45) is 0.595. The zero-order valence-electron chi connectivity index (χ0n) is 20.3. The van der Waals surface area contributed by atoms with Crippen LogP contribution in [0, 0.1) is 12.3 Å². The van der Waals surface area contributed by atoms with Crippen LogP contribution in [-0.4, -0.2) is 51.3 Å². The summed E-state index contributed by atoms with van der Waals surface area (Å²) in [6, 6.07) is 14.6. The summed E-state index contributed by atoms with van der Waals surface area (Å²) >= 11 is 7.89. The van der Waals surface area contributed by atoms with Crippen molar-refractivity contribution in [2.75, 3.05) is 26.2 Å². The fourth-order valence-electron chi connectivity index (χ4n) is 4.65. The lowest BCUT2D eigenvalue weighted by Crippen LogP contribution is -2.49. The molecule has 5 rings (SSSR count). The highest BCUT2D eigenvalue weighted by molar-refractivity contribution is 7.23. The summed E-state index contributed by atoms with van der Waals surface area (Å²) < 4.78 is 3.57. The Morgan fingerprint density at radius 2 is 1.76 bits per heavy atom. The van der Waals surface area contributed by atoms with Gasteiger partial charge >= 0.3 is 0 Å². The van der Waals surface area contributed by atoms with Crippen molar-refractivity contribution >= 4 is 44.0 Å². The molecule has 0 spiro atoms. The van der Waals surface area contributed by atoms with Crippen molar-refractivity contribution in [3.8, 4) is 11.3 Å². The number of fused-ring (bicyclic) bond motifs is 3. The van der Waals surface area contributed by atoms with Gasteiger partial charge in [-0.1, -0.05) is 61.9 Å². The van der Waals surface area contributed by atoms with E-state index in [1.165, 1.54) is 21.5 Å². The van der Waals surface area contributed by atoms with Gasteiger partial charge in [-0.15, -0.1) is 0 Å². The molecule has 2 aromatic carbocycles. The zero-order valence-corrected chi connectivity index (χ0v) is 21.8. The molecule has 5 nitrogen and oxygen atoms in total. The summed E-state index contributed by atoms with van der Waals surface area (Å²) in [7, 11) is 0. The molecule has 34 heavy (non-hydrogen) atoms. The van der Waals surface area contributed by atoms with Crippen LogP contribution in [0.4, 0.5) is 0 Å². The summed E-state index contributed by atoms with van der Waals surface area (Å²) in [6.45, 7) is 12.6. The summed E-state index contributed by atoms with van der Waals surface area (Å²) in [5, 5.41) is 0.725. The molecule has 0 saturated carbocycles. The second kappa shape index (κ2) is 8.99. The van der Waals surface area contributed by atoms with Crippen molar-refractivity contribution in [2.24, 2.45) is 5.41 Å². The normalized spacial score (nSPS) is 15.5. The van der Waals surface area contributed by atoms with Crippen molar-refractivity contribution in [2.45, 2.75) is 40.7 Å². The van der Waals surface area contributed by atoms with Crippen molar-refractivity contribution in [3.05, 3.63) is 58.7 Å². The number of benzene rings is 2. The molecule has 0 radical (unpaired) electrons. The molecule has 0 atom stereocenters. The summed E-state index contributed by atoms with van der Waals surface area (Å²) in [5.41, 5.74) is 5.76. The van der Waals surface area contributed by atoms with E-state index in [1.54, 1.807) is 11.3 Å². The Morgan fingerprint density at radius 1 is 1.06 bits per heavy atom. The maximum atomic E-state index is 12.7. The molecule has 0 unspecified atom stereocenters. The molecule has 1 amide bonds. The van der Waals surface area contributed by atoms with Gasteiger partial charge in [0.1, 0.15) is 0 Å². The predicted molar refractivity (Wildman–Crippen MR) is 142 cm³/mol. The molecule has 178 valence electrons. The number of carbonyl (C=O) groups excluding carboxylic acids is 1. The fourth-order valence-corrected chi connectivity index (χ4v) is 5.92.